The molecule has 0 aliphatic rings. The van der Waals surface area contributed by atoms with Gasteiger partial charge in [-0.3, -0.25) is 0 Å². The number of halogens is 1. The van der Waals surface area contributed by atoms with Gasteiger partial charge < -0.3 is 26.4 Å². The second-order valence-corrected chi connectivity index (χ2v) is 4.89. The van der Waals surface area contributed by atoms with Crippen molar-refractivity contribution in [2.75, 3.05) is 26.2 Å². The van der Waals surface area contributed by atoms with Crippen LogP contribution in [0.15, 0.2) is 24.3 Å². The first kappa shape index (κ1) is 20.4. The Balaban J connectivity index is 0.00000400. The van der Waals surface area contributed by atoms with E-state index in [4.69, 9.17) is 15.8 Å². The molecule has 0 bridgehead atoms. The summed E-state index contributed by atoms with van der Waals surface area (Å²) in [5.41, 5.74) is 7.09. The van der Waals surface area contributed by atoms with Crippen molar-refractivity contribution in [1.82, 2.24) is 10.6 Å². The lowest BCUT2D eigenvalue weighted by atomic mass is 9.80. The molecule has 0 fully saturated rings. The highest BCUT2D eigenvalue weighted by molar-refractivity contribution is 6.58. The summed E-state index contributed by atoms with van der Waals surface area (Å²) in [4.78, 5) is 0. The maximum absolute atomic E-state index is 8.99. The molecule has 6 N–H and O–H groups in total. The number of hydrogen-bond donors (Lipinski definition) is 5. The minimum atomic E-state index is -1.39. The van der Waals surface area contributed by atoms with Gasteiger partial charge in [-0.1, -0.05) is 24.3 Å². The standard InChI is InChI=1S/C14H26BN3O2.ClH/c16-8-1-2-9-17-10-3-11-18-12-13-4-6-14(7-5-13)15(19)20;/h4-7,17-20H,1-3,8-12,16H2;1H. The average molecular weight is 316 g/mol. The topological polar surface area (TPSA) is 90.5 Å². The molecule has 1 aromatic carbocycles. The Morgan fingerprint density at radius 2 is 1.52 bits per heavy atom. The Kier molecular flexibility index (Phi) is 12.7. The Labute approximate surface area is 133 Å². The fraction of sp³-hybridized carbons (Fsp3) is 0.571. The van der Waals surface area contributed by atoms with Crippen molar-refractivity contribution in [3.05, 3.63) is 29.8 Å². The maximum Gasteiger partial charge on any atom is 0.488 e. The van der Waals surface area contributed by atoms with Gasteiger partial charge in [0.2, 0.25) is 0 Å². The molecule has 0 unspecified atom stereocenters. The Bertz CT molecular complexity index is 353. The van der Waals surface area contributed by atoms with Crippen molar-refractivity contribution in [3.63, 3.8) is 0 Å². The minimum Gasteiger partial charge on any atom is -0.423 e. The molecule has 0 spiro atoms. The minimum absolute atomic E-state index is 0. The highest BCUT2D eigenvalue weighted by Gasteiger charge is 2.09. The largest absolute Gasteiger partial charge is 0.488 e. The number of nitrogens with two attached hydrogens (primary N) is 1. The third kappa shape index (κ3) is 9.84. The summed E-state index contributed by atoms with van der Waals surface area (Å²) in [6.07, 6.45) is 3.33. The van der Waals surface area contributed by atoms with Gasteiger partial charge in [0.25, 0.3) is 0 Å². The van der Waals surface area contributed by atoms with Crippen LogP contribution in [-0.4, -0.2) is 43.3 Å². The molecule has 0 heterocycles. The van der Waals surface area contributed by atoms with Gasteiger partial charge in [0.05, 0.1) is 0 Å². The number of hydrogen-bond acceptors (Lipinski definition) is 5. The lowest BCUT2D eigenvalue weighted by molar-refractivity contribution is 0.426. The first-order valence-corrected chi connectivity index (χ1v) is 7.30. The van der Waals surface area contributed by atoms with Gasteiger partial charge in [-0.25, -0.2) is 0 Å². The molecule has 1 aromatic rings. The van der Waals surface area contributed by atoms with Gasteiger partial charge in [-0.15, -0.1) is 12.4 Å². The van der Waals surface area contributed by atoms with Crippen LogP contribution >= 0.6 is 12.4 Å². The van der Waals surface area contributed by atoms with Crippen molar-refractivity contribution >= 4 is 25.0 Å². The number of rotatable bonds is 11. The molecule has 0 radical (unpaired) electrons. The molecular weight excluding hydrogens is 288 g/mol. The van der Waals surface area contributed by atoms with Crippen LogP contribution in [0.25, 0.3) is 0 Å². The van der Waals surface area contributed by atoms with Gasteiger partial charge in [0.15, 0.2) is 0 Å². The smallest absolute Gasteiger partial charge is 0.423 e. The summed E-state index contributed by atoms with van der Waals surface area (Å²) >= 11 is 0. The van der Waals surface area contributed by atoms with Crippen molar-refractivity contribution in [2.24, 2.45) is 5.73 Å². The average Bonchev–Trinajstić information content (AvgIpc) is 2.46. The van der Waals surface area contributed by atoms with E-state index in [1.54, 1.807) is 12.1 Å². The van der Waals surface area contributed by atoms with Crippen LogP contribution < -0.4 is 21.8 Å². The molecule has 0 saturated carbocycles. The van der Waals surface area contributed by atoms with E-state index in [0.717, 1.165) is 57.5 Å². The zero-order valence-corrected chi connectivity index (χ0v) is 13.2. The molecule has 120 valence electrons. The molecule has 7 heteroatoms. The summed E-state index contributed by atoms with van der Waals surface area (Å²) in [5, 5.41) is 24.7. The lowest BCUT2D eigenvalue weighted by Crippen LogP contribution is -2.29. The highest BCUT2D eigenvalue weighted by atomic mass is 35.5. The molecule has 0 atom stereocenters. The van der Waals surface area contributed by atoms with Crippen LogP contribution in [0.3, 0.4) is 0 Å². The van der Waals surface area contributed by atoms with Crippen molar-refractivity contribution < 1.29 is 10.0 Å². The first-order chi connectivity index (χ1) is 9.74. The van der Waals surface area contributed by atoms with E-state index in [-0.39, 0.29) is 12.4 Å². The molecule has 0 saturated heterocycles. The summed E-state index contributed by atoms with van der Waals surface area (Å²) < 4.78 is 0. The summed E-state index contributed by atoms with van der Waals surface area (Å²) in [6.45, 7) is 4.61. The van der Waals surface area contributed by atoms with E-state index < -0.39 is 7.12 Å². The molecule has 0 aliphatic heterocycles. The Morgan fingerprint density at radius 3 is 2.14 bits per heavy atom. The first-order valence-electron chi connectivity index (χ1n) is 7.30. The molecule has 5 nitrogen and oxygen atoms in total. The van der Waals surface area contributed by atoms with Crippen molar-refractivity contribution in [3.8, 4) is 0 Å². The monoisotopic (exact) mass is 315 g/mol. The maximum atomic E-state index is 8.99. The fourth-order valence-electron chi connectivity index (χ4n) is 1.90. The third-order valence-electron chi connectivity index (χ3n) is 3.12. The second kappa shape index (κ2) is 13.1. The van der Waals surface area contributed by atoms with Gasteiger partial charge in [-0.2, -0.15) is 0 Å². The summed E-state index contributed by atoms with van der Waals surface area (Å²) in [6, 6.07) is 7.29. The molecule has 0 amide bonds. The quantitative estimate of drug-likeness (QED) is 0.283. The predicted octanol–water partition coefficient (Wildman–Crippen LogP) is -0.404. The number of unbranched alkanes of at least 4 members (excludes halogenated alkanes) is 1. The van der Waals surface area contributed by atoms with Crippen LogP contribution in [0.1, 0.15) is 24.8 Å². The predicted molar refractivity (Wildman–Crippen MR) is 91.0 cm³/mol. The van der Waals surface area contributed by atoms with E-state index in [1.165, 1.54) is 0 Å². The van der Waals surface area contributed by atoms with Crippen LogP contribution in [0.5, 0.6) is 0 Å². The van der Waals surface area contributed by atoms with Gasteiger partial charge in [-0.05, 0) is 56.5 Å². The van der Waals surface area contributed by atoms with E-state index in [2.05, 4.69) is 10.6 Å². The molecule has 0 aliphatic carbocycles. The van der Waals surface area contributed by atoms with E-state index >= 15 is 0 Å². The number of benzene rings is 1. The number of nitrogens with one attached hydrogen (secondary N) is 2. The Morgan fingerprint density at radius 1 is 0.905 bits per heavy atom. The summed E-state index contributed by atoms with van der Waals surface area (Å²) in [7, 11) is -1.39. The third-order valence-corrected chi connectivity index (χ3v) is 3.12. The fourth-order valence-corrected chi connectivity index (χ4v) is 1.90. The van der Waals surface area contributed by atoms with Crippen LogP contribution in [0.2, 0.25) is 0 Å². The Hall–Kier alpha value is -0.625. The normalized spacial score (nSPS) is 10.2. The second-order valence-electron chi connectivity index (χ2n) is 4.89. The van der Waals surface area contributed by atoms with Crippen LogP contribution in [0, 0.1) is 0 Å². The van der Waals surface area contributed by atoms with E-state index in [9.17, 15) is 0 Å². The van der Waals surface area contributed by atoms with Gasteiger partial charge in [0.1, 0.15) is 0 Å². The highest BCUT2D eigenvalue weighted by Crippen LogP contribution is 1.96. The van der Waals surface area contributed by atoms with Gasteiger partial charge in [0, 0.05) is 6.54 Å². The molecular formula is C14H27BClN3O2. The molecule has 0 aromatic heterocycles. The van der Waals surface area contributed by atoms with Gasteiger partial charge >= 0.3 is 7.12 Å². The zero-order chi connectivity index (χ0) is 14.6. The van der Waals surface area contributed by atoms with Crippen LogP contribution in [-0.2, 0) is 6.54 Å². The van der Waals surface area contributed by atoms with Crippen molar-refractivity contribution in [1.29, 1.82) is 0 Å². The van der Waals surface area contributed by atoms with Crippen LogP contribution in [0.4, 0.5) is 0 Å². The summed E-state index contributed by atoms with van der Waals surface area (Å²) in [5.74, 6) is 0. The van der Waals surface area contributed by atoms with E-state index in [0.29, 0.717) is 5.46 Å². The lowest BCUT2D eigenvalue weighted by Gasteiger charge is -2.07. The van der Waals surface area contributed by atoms with E-state index in [1.807, 2.05) is 12.1 Å². The SMILES string of the molecule is Cl.NCCCCNCCCNCc1ccc(B(O)O)cc1. The van der Waals surface area contributed by atoms with Crippen molar-refractivity contribution in [2.45, 2.75) is 25.8 Å². The molecule has 1 rings (SSSR count). The molecule has 21 heavy (non-hydrogen) atoms. The zero-order valence-electron chi connectivity index (χ0n) is 12.4.